The summed E-state index contributed by atoms with van der Waals surface area (Å²) in [5.41, 5.74) is 0. The van der Waals surface area contributed by atoms with Crippen LogP contribution >= 0.6 is 0 Å². The third-order valence-corrected chi connectivity index (χ3v) is 3.92. The van der Waals surface area contributed by atoms with Crippen LogP contribution in [0.4, 0.5) is 0 Å². The van der Waals surface area contributed by atoms with Crippen LogP contribution in [0.1, 0.15) is 97.3 Å². The molecule has 108 valence electrons. The first-order chi connectivity index (χ1) is 8.81. The Morgan fingerprint density at radius 1 is 0.722 bits per heavy atom. The van der Waals surface area contributed by atoms with Crippen molar-refractivity contribution in [1.29, 1.82) is 0 Å². The van der Waals surface area contributed by atoms with Gasteiger partial charge in [0.15, 0.2) is 0 Å². The molecule has 0 saturated heterocycles. The predicted molar refractivity (Wildman–Crippen MR) is 85.1 cm³/mol. The summed E-state index contributed by atoms with van der Waals surface area (Å²) >= 11 is 0. The van der Waals surface area contributed by atoms with Crippen molar-refractivity contribution < 1.29 is 0 Å². The topological polar surface area (TPSA) is 0 Å². The molecular weight excluding hydrogens is 216 g/mol. The van der Waals surface area contributed by atoms with Crippen LogP contribution in [-0.2, 0) is 0 Å². The molecule has 0 heterocycles. The first-order valence-corrected chi connectivity index (χ1v) is 8.43. The second-order valence-electron chi connectivity index (χ2n) is 5.89. The van der Waals surface area contributed by atoms with Crippen LogP contribution in [0.25, 0.3) is 0 Å². The largest absolute Gasteiger partial charge is 0.103 e. The molecule has 0 nitrogen and oxygen atoms in total. The van der Waals surface area contributed by atoms with E-state index >= 15 is 0 Å². The molecule has 0 N–H and O–H groups in total. The Kier molecular flexibility index (Phi) is 14.6. The van der Waals surface area contributed by atoms with Crippen molar-refractivity contribution in [2.45, 2.75) is 97.3 Å². The van der Waals surface area contributed by atoms with Crippen molar-refractivity contribution in [2.75, 3.05) is 0 Å². The van der Waals surface area contributed by atoms with Crippen LogP contribution in [-0.4, -0.2) is 0 Å². The van der Waals surface area contributed by atoms with Gasteiger partial charge in [-0.25, -0.2) is 0 Å². The zero-order chi connectivity index (χ0) is 13.5. The highest BCUT2D eigenvalue weighted by Gasteiger charge is 1.96. The summed E-state index contributed by atoms with van der Waals surface area (Å²) in [6.45, 7) is 8.39. The lowest BCUT2D eigenvalue weighted by molar-refractivity contribution is 0.522. The molecule has 0 aromatic carbocycles. The van der Waals surface area contributed by atoms with Gasteiger partial charge in [0.2, 0.25) is 0 Å². The lowest BCUT2D eigenvalue weighted by atomic mass is 10.0. The third-order valence-electron chi connectivity index (χ3n) is 3.92. The molecule has 0 rings (SSSR count). The molecule has 18 heavy (non-hydrogen) atoms. The van der Waals surface area contributed by atoms with Crippen molar-refractivity contribution in [3.63, 3.8) is 0 Å². The van der Waals surface area contributed by atoms with Gasteiger partial charge in [-0.3, -0.25) is 0 Å². The molecule has 1 atom stereocenters. The van der Waals surface area contributed by atoms with Gasteiger partial charge in [-0.2, -0.15) is 0 Å². The molecule has 0 aliphatic heterocycles. The molecule has 0 spiro atoms. The van der Waals surface area contributed by atoms with E-state index in [9.17, 15) is 0 Å². The van der Waals surface area contributed by atoms with E-state index in [0.717, 1.165) is 0 Å². The van der Waals surface area contributed by atoms with Crippen molar-refractivity contribution in [3.8, 4) is 0 Å². The predicted octanol–water partition coefficient (Wildman–Crippen LogP) is 6.90. The first kappa shape index (κ1) is 17.7. The van der Waals surface area contributed by atoms with Crippen LogP contribution in [0, 0.1) is 5.92 Å². The Balaban J connectivity index is 2.96. The van der Waals surface area contributed by atoms with E-state index in [2.05, 4.69) is 26.5 Å². The quantitative estimate of drug-likeness (QED) is 0.233. The fourth-order valence-electron chi connectivity index (χ4n) is 2.43. The molecule has 0 aliphatic carbocycles. The van der Waals surface area contributed by atoms with Crippen molar-refractivity contribution in [2.24, 2.45) is 5.92 Å². The zero-order valence-corrected chi connectivity index (χ0v) is 13.1. The second kappa shape index (κ2) is 14.8. The minimum atomic E-state index is 0.716. The van der Waals surface area contributed by atoms with E-state index in [1.54, 1.807) is 0 Å². The maximum atomic E-state index is 3.84. The number of allylic oxidation sites excluding steroid dienone is 1. The van der Waals surface area contributed by atoms with E-state index < -0.39 is 0 Å². The number of hydrogen-bond donors (Lipinski definition) is 0. The maximum absolute atomic E-state index is 3.84. The summed E-state index contributed by atoms with van der Waals surface area (Å²) in [4.78, 5) is 0. The second-order valence-corrected chi connectivity index (χ2v) is 5.89. The van der Waals surface area contributed by atoms with Gasteiger partial charge in [0.05, 0.1) is 0 Å². The minimum Gasteiger partial charge on any atom is -0.103 e. The Labute approximate surface area is 116 Å². The molecule has 0 aromatic rings. The molecule has 1 unspecified atom stereocenters. The van der Waals surface area contributed by atoms with Crippen molar-refractivity contribution >= 4 is 0 Å². The Morgan fingerprint density at radius 2 is 1.11 bits per heavy atom. The summed E-state index contributed by atoms with van der Waals surface area (Å²) in [6.07, 6.45) is 20.7. The molecule has 0 aromatic heterocycles. The van der Waals surface area contributed by atoms with E-state index in [0.29, 0.717) is 5.92 Å². The SMILES string of the molecule is C=CC(C)CCCCCCCCCCCCCC. The number of hydrogen-bond acceptors (Lipinski definition) is 0. The van der Waals surface area contributed by atoms with Gasteiger partial charge in [-0.15, -0.1) is 6.58 Å². The number of rotatable bonds is 14. The van der Waals surface area contributed by atoms with E-state index in [-0.39, 0.29) is 0 Å². The van der Waals surface area contributed by atoms with Crippen molar-refractivity contribution in [1.82, 2.24) is 0 Å². The van der Waals surface area contributed by atoms with Gasteiger partial charge in [-0.1, -0.05) is 97.0 Å². The highest BCUT2D eigenvalue weighted by Crippen LogP contribution is 2.14. The van der Waals surface area contributed by atoms with E-state index in [1.807, 2.05) is 0 Å². The van der Waals surface area contributed by atoms with Gasteiger partial charge < -0.3 is 0 Å². The normalized spacial score (nSPS) is 12.6. The van der Waals surface area contributed by atoms with Gasteiger partial charge in [-0.05, 0) is 12.3 Å². The van der Waals surface area contributed by atoms with Crippen molar-refractivity contribution in [3.05, 3.63) is 12.7 Å². The molecule has 0 radical (unpaired) electrons. The van der Waals surface area contributed by atoms with Gasteiger partial charge in [0.1, 0.15) is 0 Å². The maximum Gasteiger partial charge on any atom is -0.0265 e. The Bertz CT molecular complexity index is 159. The smallest absolute Gasteiger partial charge is 0.0265 e. The average molecular weight is 252 g/mol. The summed E-state index contributed by atoms with van der Waals surface area (Å²) in [5.74, 6) is 0.716. The van der Waals surface area contributed by atoms with Gasteiger partial charge >= 0.3 is 0 Å². The Hall–Kier alpha value is -0.260. The van der Waals surface area contributed by atoms with Gasteiger partial charge in [0, 0.05) is 0 Å². The molecule has 0 bridgehead atoms. The fourth-order valence-corrected chi connectivity index (χ4v) is 2.43. The molecular formula is C18H36. The monoisotopic (exact) mass is 252 g/mol. The third kappa shape index (κ3) is 13.8. The summed E-state index contributed by atoms with van der Waals surface area (Å²) < 4.78 is 0. The summed E-state index contributed by atoms with van der Waals surface area (Å²) in [7, 11) is 0. The molecule has 0 heteroatoms. The van der Waals surface area contributed by atoms with Crippen LogP contribution in [0.15, 0.2) is 12.7 Å². The molecule has 0 saturated carbocycles. The lowest BCUT2D eigenvalue weighted by Crippen LogP contribution is -1.89. The van der Waals surface area contributed by atoms with Crippen LogP contribution in [0.3, 0.4) is 0 Å². The highest BCUT2D eigenvalue weighted by molar-refractivity contribution is 4.74. The first-order valence-electron chi connectivity index (χ1n) is 8.43. The average Bonchev–Trinajstić information content (AvgIpc) is 2.39. The Morgan fingerprint density at radius 3 is 1.50 bits per heavy atom. The molecule has 0 fully saturated rings. The number of unbranched alkanes of at least 4 members (excludes halogenated alkanes) is 11. The van der Waals surface area contributed by atoms with E-state index in [4.69, 9.17) is 0 Å². The summed E-state index contributed by atoms with van der Waals surface area (Å²) in [5, 5.41) is 0. The van der Waals surface area contributed by atoms with E-state index in [1.165, 1.54) is 83.5 Å². The molecule has 0 amide bonds. The van der Waals surface area contributed by atoms with Crippen LogP contribution in [0.2, 0.25) is 0 Å². The highest BCUT2D eigenvalue weighted by atomic mass is 14.0. The summed E-state index contributed by atoms with van der Waals surface area (Å²) in [6, 6.07) is 0. The standard InChI is InChI=1S/C18H36/c1-4-6-7-8-9-10-11-12-13-14-15-16-17-18(3)5-2/h5,18H,2,4,6-17H2,1,3H3. The zero-order valence-electron chi connectivity index (χ0n) is 13.1. The van der Waals surface area contributed by atoms with Crippen LogP contribution < -0.4 is 0 Å². The van der Waals surface area contributed by atoms with Crippen LogP contribution in [0.5, 0.6) is 0 Å². The fraction of sp³-hybridized carbons (Fsp3) is 0.889. The molecule has 0 aliphatic rings. The lowest BCUT2D eigenvalue weighted by Gasteiger charge is -2.05. The van der Waals surface area contributed by atoms with Gasteiger partial charge in [0.25, 0.3) is 0 Å². The minimum absolute atomic E-state index is 0.716.